The Morgan fingerprint density at radius 1 is 1.14 bits per heavy atom. The van der Waals surface area contributed by atoms with Crippen LogP contribution < -0.4 is 0 Å². The molecule has 0 bridgehead atoms. The molecule has 0 radical (unpaired) electrons. The average Bonchev–Trinajstić information content (AvgIpc) is 2.77. The monoisotopic (exact) mass is 302 g/mol. The van der Waals surface area contributed by atoms with Crippen LogP contribution in [0.3, 0.4) is 0 Å². The fourth-order valence-electron chi connectivity index (χ4n) is 6.36. The maximum absolute atomic E-state index is 10.5. The molecule has 0 aliphatic heterocycles. The van der Waals surface area contributed by atoms with E-state index in [0.29, 0.717) is 17.8 Å². The van der Waals surface area contributed by atoms with Gasteiger partial charge in [0.2, 0.25) is 0 Å². The molecule has 22 heavy (non-hydrogen) atoms. The van der Waals surface area contributed by atoms with Gasteiger partial charge in [-0.1, -0.05) is 44.1 Å². The number of hydrogen-bond donors (Lipinski definition) is 2. The molecule has 0 aromatic heterocycles. The molecule has 0 heterocycles. The smallest absolute Gasteiger partial charge is 0.0724 e. The molecule has 0 saturated heterocycles. The molecule has 2 nitrogen and oxygen atoms in total. The van der Waals surface area contributed by atoms with Crippen LogP contribution >= 0.6 is 0 Å². The highest BCUT2D eigenvalue weighted by Crippen LogP contribution is 2.63. The fourth-order valence-corrected chi connectivity index (χ4v) is 6.36. The van der Waals surface area contributed by atoms with E-state index in [1.165, 1.54) is 12.8 Å². The van der Waals surface area contributed by atoms with Crippen LogP contribution in [0.5, 0.6) is 0 Å². The third-order valence-corrected chi connectivity index (χ3v) is 7.77. The van der Waals surface area contributed by atoms with Gasteiger partial charge in [-0.3, -0.25) is 0 Å². The van der Waals surface area contributed by atoms with Crippen molar-refractivity contribution < 1.29 is 10.2 Å². The van der Waals surface area contributed by atoms with E-state index < -0.39 is 0 Å². The lowest BCUT2D eigenvalue weighted by Gasteiger charge is -2.56. The molecule has 4 aliphatic rings. The molecule has 4 aliphatic carbocycles. The minimum Gasteiger partial charge on any atom is -0.392 e. The van der Waals surface area contributed by atoms with E-state index >= 15 is 0 Å². The Morgan fingerprint density at radius 3 is 2.68 bits per heavy atom. The van der Waals surface area contributed by atoms with Crippen molar-refractivity contribution in [3.63, 3.8) is 0 Å². The SMILES string of the molecule is C[C@H]1CC2C[C@@H](O)C=C[C@]2(C)[C@H]2CC[C@@]3(C)C(=C12)CC[C@@H]3O. The zero-order valence-corrected chi connectivity index (χ0v) is 14.2. The van der Waals surface area contributed by atoms with Gasteiger partial charge in [-0.2, -0.15) is 0 Å². The van der Waals surface area contributed by atoms with E-state index in [1.807, 2.05) is 6.08 Å². The third kappa shape index (κ3) is 1.80. The van der Waals surface area contributed by atoms with Crippen molar-refractivity contribution in [3.05, 3.63) is 23.3 Å². The number of hydrogen-bond acceptors (Lipinski definition) is 2. The first kappa shape index (κ1) is 15.0. The maximum Gasteiger partial charge on any atom is 0.0724 e. The summed E-state index contributed by atoms with van der Waals surface area (Å²) in [7, 11) is 0. The number of aliphatic hydroxyl groups excluding tert-OH is 2. The topological polar surface area (TPSA) is 40.5 Å². The Hall–Kier alpha value is -0.600. The van der Waals surface area contributed by atoms with Crippen LogP contribution in [0.1, 0.15) is 59.3 Å². The summed E-state index contributed by atoms with van der Waals surface area (Å²) < 4.78 is 0. The molecule has 2 fully saturated rings. The minimum absolute atomic E-state index is 0.0428. The molecular formula is C20H30O2. The quantitative estimate of drug-likeness (QED) is 0.668. The minimum atomic E-state index is -0.248. The predicted molar refractivity (Wildman–Crippen MR) is 88.2 cm³/mol. The van der Waals surface area contributed by atoms with Gasteiger partial charge in [-0.15, -0.1) is 0 Å². The Balaban J connectivity index is 1.82. The van der Waals surface area contributed by atoms with Crippen molar-refractivity contribution in [1.82, 2.24) is 0 Å². The van der Waals surface area contributed by atoms with Crippen molar-refractivity contribution in [2.24, 2.45) is 28.6 Å². The number of allylic oxidation sites excluding steroid dienone is 2. The summed E-state index contributed by atoms with van der Waals surface area (Å²) in [4.78, 5) is 0. The average molecular weight is 302 g/mol. The van der Waals surface area contributed by atoms with E-state index in [4.69, 9.17) is 0 Å². The first-order valence-electron chi connectivity index (χ1n) is 9.15. The molecule has 7 atom stereocenters. The van der Waals surface area contributed by atoms with Gasteiger partial charge in [0, 0.05) is 5.41 Å². The molecule has 0 spiro atoms. The molecule has 1 unspecified atom stereocenters. The summed E-state index contributed by atoms with van der Waals surface area (Å²) in [5.41, 5.74) is 3.54. The molecule has 0 aromatic rings. The lowest BCUT2D eigenvalue weighted by molar-refractivity contribution is 0.0164. The van der Waals surface area contributed by atoms with Crippen LogP contribution in [0.2, 0.25) is 0 Å². The predicted octanol–water partition coefficient (Wildman–Crippen LogP) is 3.84. The van der Waals surface area contributed by atoms with E-state index in [1.54, 1.807) is 11.1 Å². The van der Waals surface area contributed by atoms with E-state index in [9.17, 15) is 10.2 Å². The summed E-state index contributed by atoms with van der Waals surface area (Å²) in [5.74, 6) is 1.84. The zero-order chi connectivity index (χ0) is 15.7. The van der Waals surface area contributed by atoms with Gasteiger partial charge < -0.3 is 10.2 Å². The van der Waals surface area contributed by atoms with Crippen LogP contribution in [0.15, 0.2) is 23.3 Å². The van der Waals surface area contributed by atoms with Crippen LogP contribution in [-0.4, -0.2) is 22.4 Å². The highest BCUT2D eigenvalue weighted by atomic mass is 16.3. The highest BCUT2D eigenvalue weighted by molar-refractivity contribution is 5.37. The van der Waals surface area contributed by atoms with Crippen LogP contribution in [-0.2, 0) is 0 Å². The van der Waals surface area contributed by atoms with Gasteiger partial charge in [-0.25, -0.2) is 0 Å². The molecule has 4 rings (SSSR count). The molecular weight excluding hydrogens is 272 g/mol. The zero-order valence-electron chi connectivity index (χ0n) is 14.2. The summed E-state index contributed by atoms with van der Waals surface area (Å²) in [6, 6.07) is 0. The molecule has 2 saturated carbocycles. The van der Waals surface area contributed by atoms with Gasteiger partial charge >= 0.3 is 0 Å². The standard InChI is InChI=1S/C20H30O2/c1-12-10-13-11-14(21)6-8-19(13,2)16-7-9-20(3)15(18(12)16)4-5-17(20)22/h6,8,12-14,16-17,21-22H,4-5,7,9-11H2,1-3H3/t12-,13?,14-,16-,17-,19-,20-/m0/s1. The second-order valence-electron chi connectivity index (χ2n) is 8.86. The Labute approximate surface area is 134 Å². The van der Waals surface area contributed by atoms with E-state index in [0.717, 1.165) is 25.7 Å². The first-order chi connectivity index (χ1) is 10.4. The lowest BCUT2D eigenvalue weighted by atomic mass is 9.49. The number of fused-ring (bicyclic) bond motifs is 4. The second kappa shape index (κ2) is 4.70. The van der Waals surface area contributed by atoms with Gasteiger partial charge in [0.15, 0.2) is 0 Å². The summed E-state index contributed by atoms with van der Waals surface area (Å²) in [6.07, 6.45) is 10.5. The number of rotatable bonds is 0. The summed E-state index contributed by atoms with van der Waals surface area (Å²) in [6.45, 7) is 7.10. The first-order valence-corrected chi connectivity index (χ1v) is 9.15. The van der Waals surface area contributed by atoms with E-state index in [2.05, 4.69) is 26.8 Å². The maximum atomic E-state index is 10.5. The van der Waals surface area contributed by atoms with Crippen molar-refractivity contribution in [2.45, 2.75) is 71.5 Å². The molecule has 0 amide bonds. The van der Waals surface area contributed by atoms with Crippen LogP contribution in [0, 0.1) is 28.6 Å². The van der Waals surface area contributed by atoms with Crippen LogP contribution in [0.4, 0.5) is 0 Å². The molecule has 2 heteroatoms. The molecule has 2 N–H and O–H groups in total. The second-order valence-corrected chi connectivity index (χ2v) is 8.86. The Morgan fingerprint density at radius 2 is 1.91 bits per heavy atom. The summed E-state index contributed by atoms with van der Waals surface area (Å²) >= 11 is 0. The van der Waals surface area contributed by atoms with Gasteiger partial charge in [0.1, 0.15) is 0 Å². The number of aliphatic hydroxyl groups is 2. The largest absolute Gasteiger partial charge is 0.392 e. The highest BCUT2D eigenvalue weighted by Gasteiger charge is 2.55. The Bertz CT molecular complexity index is 548. The van der Waals surface area contributed by atoms with Crippen molar-refractivity contribution in [2.75, 3.05) is 0 Å². The normalized spacial score (nSPS) is 54.0. The van der Waals surface area contributed by atoms with Gasteiger partial charge in [0.25, 0.3) is 0 Å². The lowest BCUT2D eigenvalue weighted by Crippen LogP contribution is -2.48. The summed E-state index contributed by atoms with van der Waals surface area (Å²) in [5, 5.41) is 20.5. The third-order valence-electron chi connectivity index (χ3n) is 7.77. The van der Waals surface area contributed by atoms with Crippen LogP contribution in [0.25, 0.3) is 0 Å². The molecule has 0 aromatic carbocycles. The van der Waals surface area contributed by atoms with Crippen molar-refractivity contribution in [3.8, 4) is 0 Å². The molecule has 122 valence electrons. The Kier molecular flexibility index (Phi) is 3.20. The van der Waals surface area contributed by atoms with Crippen molar-refractivity contribution >= 4 is 0 Å². The van der Waals surface area contributed by atoms with Gasteiger partial charge in [-0.05, 0) is 61.7 Å². The van der Waals surface area contributed by atoms with Gasteiger partial charge in [0.05, 0.1) is 12.2 Å². The van der Waals surface area contributed by atoms with Crippen molar-refractivity contribution in [1.29, 1.82) is 0 Å². The fraction of sp³-hybridized carbons (Fsp3) is 0.800. The van der Waals surface area contributed by atoms with E-state index in [-0.39, 0.29) is 23.0 Å².